The fourth-order valence-corrected chi connectivity index (χ4v) is 3.22. The number of nitrogens with zero attached hydrogens (tertiary/aromatic N) is 5. The van der Waals surface area contributed by atoms with Crippen molar-refractivity contribution in [3.8, 4) is 6.07 Å². The first-order valence-corrected chi connectivity index (χ1v) is 8.10. The van der Waals surface area contributed by atoms with Gasteiger partial charge in [0.25, 0.3) is 0 Å². The van der Waals surface area contributed by atoms with Crippen molar-refractivity contribution < 1.29 is 4.39 Å². The van der Waals surface area contributed by atoms with Gasteiger partial charge in [0.05, 0.1) is 28.9 Å². The Labute approximate surface area is 143 Å². The third kappa shape index (κ3) is 2.96. The lowest BCUT2D eigenvalue weighted by atomic mass is 10.0. The van der Waals surface area contributed by atoms with Crippen LogP contribution in [0.1, 0.15) is 18.4 Å². The van der Waals surface area contributed by atoms with E-state index >= 15 is 0 Å². The van der Waals surface area contributed by atoms with Gasteiger partial charge in [-0.1, -0.05) is 0 Å². The molecule has 1 saturated heterocycles. The standard InChI is InChI=1S/C17H16FN7/c18-14-6-11(7-19)3-4-15(14)25-5-1-2-12(9-25)23-16-13-8-22-24-17(13)21-10-20-16/h3-4,6,8,10,12H,1-2,5,9H2,(H2,20,21,22,23,24). The van der Waals surface area contributed by atoms with Crippen LogP contribution in [0.25, 0.3) is 11.0 Å². The van der Waals surface area contributed by atoms with Gasteiger partial charge in [0.1, 0.15) is 18.0 Å². The number of benzene rings is 1. The average molecular weight is 337 g/mol. The molecule has 0 amide bonds. The molecule has 126 valence electrons. The molecule has 0 bridgehead atoms. The van der Waals surface area contributed by atoms with E-state index in [-0.39, 0.29) is 11.9 Å². The largest absolute Gasteiger partial charge is 0.367 e. The Morgan fingerprint density at radius 1 is 1.36 bits per heavy atom. The zero-order valence-corrected chi connectivity index (χ0v) is 13.4. The molecule has 2 N–H and O–H groups in total. The lowest BCUT2D eigenvalue weighted by molar-refractivity contribution is 0.518. The van der Waals surface area contributed by atoms with Gasteiger partial charge in [-0.25, -0.2) is 14.4 Å². The fraction of sp³-hybridized carbons (Fsp3) is 0.294. The molecular formula is C17H16FN7. The number of rotatable bonds is 3. The van der Waals surface area contributed by atoms with Crippen molar-refractivity contribution in [1.29, 1.82) is 5.26 Å². The summed E-state index contributed by atoms with van der Waals surface area (Å²) >= 11 is 0. The average Bonchev–Trinajstić information content (AvgIpc) is 3.11. The Balaban J connectivity index is 1.53. The molecule has 4 rings (SSSR count). The summed E-state index contributed by atoms with van der Waals surface area (Å²) in [5.41, 5.74) is 1.54. The summed E-state index contributed by atoms with van der Waals surface area (Å²) < 4.78 is 14.3. The van der Waals surface area contributed by atoms with Crippen LogP contribution in [0, 0.1) is 17.1 Å². The summed E-state index contributed by atoms with van der Waals surface area (Å²) in [6.07, 6.45) is 5.09. The van der Waals surface area contributed by atoms with Crippen molar-refractivity contribution in [1.82, 2.24) is 20.2 Å². The number of piperidine rings is 1. The molecule has 0 spiro atoms. The second-order valence-corrected chi connectivity index (χ2v) is 6.06. The highest BCUT2D eigenvalue weighted by Crippen LogP contribution is 2.26. The SMILES string of the molecule is N#Cc1ccc(N2CCCC(Nc3ncnc4[nH]ncc34)C2)c(F)c1. The molecule has 1 unspecified atom stereocenters. The van der Waals surface area contributed by atoms with Gasteiger partial charge >= 0.3 is 0 Å². The first-order valence-electron chi connectivity index (χ1n) is 8.10. The van der Waals surface area contributed by atoms with Crippen molar-refractivity contribution >= 4 is 22.5 Å². The Hall–Kier alpha value is -3.21. The Bertz CT molecular complexity index is 946. The monoisotopic (exact) mass is 337 g/mol. The number of H-pyrrole nitrogens is 1. The number of nitrogens with one attached hydrogen (secondary N) is 2. The zero-order valence-electron chi connectivity index (χ0n) is 13.4. The van der Waals surface area contributed by atoms with Crippen molar-refractivity contribution in [2.24, 2.45) is 0 Å². The molecule has 2 aromatic heterocycles. The van der Waals surface area contributed by atoms with E-state index in [2.05, 4.69) is 25.5 Å². The highest BCUT2D eigenvalue weighted by atomic mass is 19.1. The van der Waals surface area contributed by atoms with Crippen molar-refractivity contribution in [3.63, 3.8) is 0 Å². The van der Waals surface area contributed by atoms with Gasteiger partial charge < -0.3 is 10.2 Å². The van der Waals surface area contributed by atoms with Gasteiger partial charge in [0, 0.05) is 19.1 Å². The number of halogens is 1. The minimum Gasteiger partial charge on any atom is -0.367 e. The Kier molecular flexibility index (Phi) is 3.90. The van der Waals surface area contributed by atoms with Crippen LogP contribution in [-0.4, -0.2) is 39.3 Å². The third-order valence-electron chi connectivity index (χ3n) is 4.43. The van der Waals surface area contributed by atoms with Gasteiger partial charge in [-0.3, -0.25) is 5.10 Å². The van der Waals surface area contributed by atoms with Crippen LogP contribution in [0.4, 0.5) is 15.9 Å². The first kappa shape index (κ1) is 15.3. The quantitative estimate of drug-likeness (QED) is 0.762. The van der Waals surface area contributed by atoms with E-state index in [4.69, 9.17) is 5.26 Å². The zero-order chi connectivity index (χ0) is 17.2. The summed E-state index contributed by atoms with van der Waals surface area (Å²) in [6.45, 7) is 1.44. The highest BCUT2D eigenvalue weighted by Gasteiger charge is 2.23. The topological polar surface area (TPSA) is 93.5 Å². The smallest absolute Gasteiger partial charge is 0.160 e. The number of nitriles is 1. The molecule has 0 aliphatic carbocycles. The van der Waals surface area contributed by atoms with Gasteiger partial charge in [-0.05, 0) is 31.0 Å². The molecule has 7 nitrogen and oxygen atoms in total. The second-order valence-electron chi connectivity index (χ2n) is 6.06. The number of anilines is 2. The summed E-state index contributed by atoms with van der Waals surface area (Å²) in [5, 5.41) is 20.0. The molecule has 0 radical (unpaired) electrons. The summed E-state index contributed by atoms with van der Waals surface area (Å²) in [4.78, 5) is 10.4. The maximum Gasteiger partial charge on any atom is 0.160 e. The second kappa shape index (κ2) is 6.36. The maximum absolute atomic E-state index is 14.3. The molecule has 1 atom stereocenters. The molecule has 1 aromatic carbocycles. The minimum atomic E-state index is -0.362. The number of hydrogen-bond acceptors (Lipinski definition) is 6. The first-order chi connectivity index (χ1) is 12.2. The van der Waals surface area contributed by atoms with E-state index < -0.39 is 0 Å². The third-order valence-corrected chi connectivity index (χ3v) is 4.43. The van der Waals surface area contributed by atoms with Gasteiger partial charge in [-0.15, -0.1) is 0 Å². The van der Waals surface area contributed by atoms with E-state index in [1.165, 1.54) is 12.4 Å². The molecule has 25 heavy (non-hydrogen) atoms. The molecular weight excluding hydrogens is 321 g/mol. The fourth-order valence-electron chi connectivity index (χ4n) is 3.22. The summed E-state index contributed by atoms with van der Waals surface area (Å²) in [7, 11) is 0. The molecule has 8 heteroatoms. The van der Waals surface area contributed by atoms with E-state index in [1.54, 1.807) is 18.3 Å². The van der Waals surface area contributed by atoms with Gasteiger partial charge in [0.2, 0.25) is 0 Å². The Morgan fingerprint density at radius 2 is 2.28 bits per heavy atom. The highest BCUT2D eigenvalue weighted by molar-refractivity contribution is 5.85. The minimum absolute atomic E-state index is 0.136. The van der Waals surface area contributed by atoms with Crippen molar-refractivity contribution in [2.75, 3.05) is 23.3 Å². The number of aromatic nitrogens is 4. The van der Waals surface area contributed by atoms with Crippen LogP contribution in [0.5, 0.6) is 0 Å². The summed E-state index contributed by atoms with van der Waals surface area (Å²) in [5.74, 6) is 0.366. The normalized spacial score (nSPS) is 17.4. The molecule has 3 aromatic rings. The van der Waals surface area contributed by atoms with E-state index in [0.717, 1.165) is 30.6 Å². The molecule has 3 heterocycles. The van der Waals surface area contributed by atoms with E-state index in [0.29, 0.717) is 23.4 Å². The van der Waals surface area contributed by atoms with Crippen LogP contribution in [0.15, 0.2) is 30.7 Å². The lowest BCUT2D eigenvalue weighted by Gasteiger charge is -2.35. The lowest BCUT2D eigenvalue weighted by Crippen LogP contribution is -2.42. The Morgan fingerprint density at radius 3 is 3.12 bits per heavy atom. The van der Waals surface area contributed by atoms with Gasteiger partial charge in [-0.2, -0.15) is 10.4 Å². The van der Waals surface area contributed by atoms with Crippen LogP contribution in [0.2, 0.25) is 0 Å². The number of hydrogen-bond donors (Lipinski definition) is 2. The van der Waals surface area contributed by atoms with Crippen LogP contribution < -0.4 is 10.2 Å². The van der Waals surface area contributed by atoms with Crippen molar-refractivity contribution in [2.45, 2.75) is 18.9 Å². The maximum atomic E-state index is 14.3. The predicted molar refractivity (Wildman–Crippen MR) is 91.7 cm³/mol. The molecule has 0 saturated carbocycles. The number of fused-ring (bicyclic) bond motifs is 1. The molecule has 1 aliphatic heterocycles. The summed E-state index contributed by atoms with van der Waals surface area (Å²) in [6, 6.07) is 6.70. The van der Waals surface area contributed by atoms with Crippen LogP contribution >= 0.6 is 0 Å². The number of aromatic amines is 1. The molecule has 1 aliphatic rings. The predicted octanol–water partition coefficient (Wildman–Crippen LogP) is 2.44. The van der Waals surface area contributed by atoms with Gasteiger partial charge in [0.15, 0.2) is 5.65 Å². The van der Waals surface area contributed by atoms with Crippen LogP contribution in [0.3, 0.4) is 0 Å². The molecule has 1 fully saturated rings. The van der Waals surface area contributed by atoms with Crippen LogP contribution in [-0.2, 0) is 0 Å². The van der Waals surface area contributed by atoms with E-state index in [9.17, 15) is 4.39 Å². The van der Waals surface area contributed by atoms with Crippen molar-refractivity contribution in [3.05, 3.63) is 42.1 Å². The van der Waals surface area contributed by atoms with E-state index in [1.807, 2.05) is 11.0 Å².